The van der Waals surface area contributed by atoms with E-state index in [-0.39, 0.29) is 13.3 Å². The van der Waals surface area contributed by atoms with E-state index in [0.29, 0.717) is 39.0 Å². The summed E-state index contributed by atoms with van der Waals surface area (Å²) in [5, 5.41) is 5.65. The van der Waals surface area contributed by atoms with E-state index in [2.05, 4.69) is 9.97 Å². The molecule has 11 heteroatoms. The summed E-state index contributed by atoms with van der Waals surface area (Å²) in [5.41, 5.74) is 1.58. The fourth-order valence-electron chi connectivity index (χ4n) is 3.49. The Kier molecular flexibility index (Phi) is 3.67. The highest BCUT2D eigenvalue weighted by Gasteiger charge is 2.21. The molecule has 0 spiro atoms. The van der Waals surface area contributed by atoms with E-state index >= 15 is 0 Å². The van der Waals surface area contributed by atoms with E-state index in [1.54, 1.807) is 12.1 Å². The van der Waals surface area contributed by atoms with Crippen molar-refractivity contribution in [2.75, 3.05) is 6.79 Å². The number of nitrogens with two attached hydrogens (primary N) is 1. The number of sulfonamides is 1. The van der Waals surface area contributed by atoms with Gasteiger partial charge in [0.05, 0.1) is 23.8 Å². The van der Waals surface area contributed by atoms with Crippen LogP contribution in [0.15, 0.2) is 46.2 Å². The van der Waals surface area contributed by atoms with Crippen LogP contribution in [-0.4, -0.2) is 29.7 Å². The first kappa shape index (κ1) is 17.6. The molecule has 5 rings (SSSR count). The Morgan fingerprint density at radius 1 is 1.24 bits per heavy atom. The van der Waals surface area contributed by atoms with Crippen molar-refractivity contribution in [1.29, 1.82) is 0 Å². The lowest BCUT2D eigenvalue weighted by atomic mass is 10.1. The molecule has 9 nitrogen and oxygen atoms in total. The normalized spacial score (nSPS) is 13.4. The monoisotopic (exact) mass is 416 g/mol. The van der Waals surface area contributed by atoms with Crippen molar-refractivity contribution in [2.24, 2.45) is 5.14 Å². The summed E-state index contributed by atoms with van der Waals surface area (Å²) >= 11 is 0. The summed E-state index contributed by atoms with van der Waals surface area (Å²) in [6, 6.07) is 7.04. The average molecular weight is 416 g/mol. The highest BCUT2D eigenvalue weighted by atomic mass is 32.2. The van der Waals surface area contributed by atoms with E-state index in [9.17, 15) is 17.6 Å². The van der Waals surface area contributed by atoms with Crippen molar-refractivity contribution in [3.8, 4) is 11.5 Å². The number of nitrogens with zero attached hydrogens (tertiary/aromatic N) is 2. The molecule has 3 N–H and O–H groups in total. The molecule has 0 fully saturated rings. The third-order valence-corrected chi connectivity index (χ3v) is 5.69. The minimum Gasteiger partial charge on any atom is -0.454 e. The first-order valence-electron chi connectivity index (χ1n) is 8.44. The number of ether oxygens (including phenoxy) is 2. The standard InChI is InChI=1S/C18H13FN4O5S/c19-11-5-9(1-4-14(11)29(20,25)26)7-23-16-10-2-3-13-17(28-8-27-13)15(10)21-6-12(16)22-18(23)24/h1-6H,7-8H2,(H,22,24)(H2,20,25,26). The minimum absolute atomic E-state index is 0.00814. The van der Waals surface area contributed by atoms with Crippen molar-refractivity contribution in [3.05, 3.63) is 58.4 Å². The van der Waals surface area contributed by atoms with Crippen LogP contribution in [0.2, 0.25) is 0 Å². The Morgan fingerprint density at radius 3 is 2.83 bits per heavy atom. The molecule has 148 valence electrons. The van der Waals surface area contributed by atoms with Gasteiger partial charge in [-0.15, -0.1) is 0 Å². The zero-order valence-corrected chi connectivity index (χ0v) is 15.5. The van der Waals surface area contributed by atoms with Crippen LogP contribution in [0.4, 0.5) is 4.39 Å². The number of H-pyrrole nitrogens is 1. The maximum atomic E-state index is 14.2. The number of primary sulfonamides is 1. The summed E-state index contributed by atoms with van der Waals surface area (Å²) in [7, 11) is -4.17. The number of hydrogen-bond acceptors (Lipinski definition) is 6. The van der Waals surface area contributed by atoms with Crippen LogP contribution in [0.1, 0.15) is 5.56 Å². The predicted molar refractivity (Wildman–Crippen MR) is 101 cm³/mol. The second-order valence-electron chi connectivity index (χ2n) is 6.54. The van der Waals surface area contributed by atoms with E-state index in [1.165, 1.54) is 16.8 Å². The fourth-order valence-corrected chi connectivity index (χ4v) is 4.07. The van der Waals surface area contributed by atoms with E-state index in [0.717, 1.165) is 12.1 Å². The van der Waals surface area contributed by atoms with Crippen molar-refractivity contribution >= 4 is 32.0 Å². The predicted octanol–water partition coefficient (Wildman–Crippen LogP) is 1.44. The molecular weight excluding hydrogens is 403 g/mol. The van der Waals surface area contributed by atoms with Gasteiger partial charge in [-0.1, -0.05) is 6.07 Å². The number of aromatic amines is 1. The third-order valence-electron chi connectivity index (χ3n) is 4.75. The van der Waals surface area contributed by atoms with Gasteiger partial charge in [-0.3, -0.25) is 4.57 Å². The van der Waals surface area contributed by atoms with Gasteiger partial charge in [0.15, 0.2) is 11.5 Å². The van der Waals surface area contributed by atoms with Gasteiger partial charge in [-0.05, 0) is 29.8 Å². The topological polar surface area (TPSA) is 129 Å². The Labute approximate surface area is 162 Å². The summed E-state index contributed by atoms with van der Waals surface area (Å²) in [6.45, 7) is 0.0952. The van der Waals surface area contributed by atoms with Gasteiger partial charge in [0.2, 0.25) is 16.8 Å². The highest BCUT2D eigenvalue weighted by Crippen LogP contribution is 2.39. The molecule has 4 aromatic rings. The highest BCUT2D eigenvalue weighted by molar-refractivity contribution is 7.89. The molecule has 0 bridgehead atoms. The second kappa shape index (κ2) is 6.03. The zero-order chi connectivity index (χ0) is 20.3. The van der Waals surface area contributed by atoms with Crippen molar-refractivity contribution < 1.29 is 22.3 Å². The molecule has 0 aliphatic carbocycles. The number of rotatable bonds is 3. The van der Waals surface area contributed by atoms with E-state index in [4.69, 9.17) is 14.6 Å². The van der Waals surface area contributed by atoms with Crippen molar-refractivity contribution in [1.82, 2.24) is 14.5 Å². The Balaban J connectivity index is 1.68. The smallest absolute Gasteiger partial charge is 0.326 e. The number of fused-ring (bicyclic) bond motifs is 5. The van der Waals surface area contributed by atoms with E-state index in [1.807, 2.05) is 0 Å². The summed E-state index contributed by atoms with van der Waals surface area (Å²) in [6.07, 6.45) is 1.52. The maximum Gasteiger partial charge on any atom is 0.326 e. The SMILES string of the molecule is NS(=O)(=O)c1ccc(Cn2c(=O)[nH]c3cnc4c5c(ccc4c32)OCO5)cc1F. The lowest BCUT2D eigenvalue weighted by Gasteiger charge is -2.08. The van der Waals surface area contributed by atoms with Gasteiger partial charge in [-0.25, -0.2) is 27.7 Å². The molecule has 0 atom stereocenters. The van der Waals surface area contributed by atoms with Gasteiger partial charge < -0.3 is 14.5 Å². The maximum absolute atomic E-state index is 14.2. The molecule has 0 radical (unpaired) electrons. The lowest BCUT2D eigenvalue weighted by Crippen LogP contribution is -2.18. The fraction of sp³-hybridized carbons (Fsp3) is 0.111. The van der Waals surface area contributed by atoms with Crippen molar-refractivity contribution in [2.45, 2.75) is 11.4 Å². The number of imidazole rings is 1. The first-order chi connectivity index (χ1) is 13.8. The summed E-state index contributed by atoms with van der Waals surface area (Å²) in [5.74, 6) is 0.0790. The molecule has 29 heavy (non-hydrogen) atoms. The largest absolute Gasteiger partial charge is 0.454 e. The van der Waals surface area contributed by atoms with E-state index < -0.39 is 26.4 Å². The zero-order valence-electron chi connectivity index (χ0n) is 14.7. The molecule has 0 saturated heterocycles. The quantitative estimate of drug-likeness (QED) is 0.520. The Hall–Kier alpha value is -3.44. The number of aromatic nitrogens is 3. The number of pyridine rings is 1. The number of hydrogen-bond donors (Lipinski definition) is 2. The molecule has 1 aliphatic rings. The van der Waals surface area contributed by atoms with Crippen LogP contribution in [0, 0.1) is 5.82 Å². The van der Waals surface area contributed by atoms with Crippen LogP contribution in [0.5, 0.6) is 11.5 Å². The Bertz CT molecular complexity index is 1480. The van der Waals surface area contributed by atoms with Crippen LogP contribution < -0.4 is 20.3 Å². The molecule has 0 unspecified atom stereocenters. The van der Waals surface area contributed by atoms with Gasteiger partial charge in [0.1, 0.15) is 16.2 Å². The molecule has 0 saturated carbocycles. The number of nitrogens with one attached hydrogen (secondary N) is 1. The molecule has 1 aliphatic heterocycles. The molecule has 2 aromatic heterocycles. The van der Waals surface area contributed by atoms with Gasteiger partial charge in [-0.2, -0.15) is 0 Å². The van der Waals surface area contributed by atoms with Crippen LogP contribution in [0.3, 0.4) is 0 Å². The van der Waals surface area contributed by atoms with Crippen LogP contribution in [0.25, 0.3) is 21.9 Å². The number of benzene rings is 2. The minimum atomic E-state index is -4.17. The Morgan fingerprint density at radius 2 is 2.07 bits per heavy atom. The lowest BCUT2D eigenvalue weighted by molar-refractivity contribution is 0.174. The number of halogens is 1. The van der Waals surface area contributed by atoms with Gasteiger partial charge >= 0.3 is 5.69 Å². The van der Waals surface area contributed by atoms with Crippen LogP contribution >= 0.6 is 0 Å². The van der Waals surface area contributed by atoms with Gasteiger partial charge in [0, 0.05) is 5.39 Å². The van der Waals surface area contributed by atoms with Crippen molar-refractivity contribution in [3.63, 3.8) is 0 Å². The summed E-state index contributed by atoms with van der Waals surface area (Å²) < 4.78 is 49.3. The molecular formula is C18H13FN4O5S. The first-order valence-corrected chi connectivity index (χ1v) is 9.98. The average Bonchev–Trinajstić information content (AvgIpc) is 3.25. The van der Waals surface area contributed by atoms with Gasteiger partial charge in [0.25, 0.3) is 0 Å². The molecule has 2 aromatic carbocycles. The molecule has 0 amide bonds. The summed E-state index contributed by atoms with van der Waals surface area (Å²) in [4.78, 5) is 19.0. The molecule has 3 heterocycles. The van der Waals surface area contributed by atoms with Crippen LogP contribution in [-0.2, 0) is 16.6 Å². The third kappa shape index (κ3) is 2.74. The second-order valence-corrected chi connectivity index (χ2v) is 8.07.